The fourth-order valence-corrected chi connectivity index (χ4v) is 5.89. The fraction of sp³-hybridized carbons (Fsp3) is 0.233. The first-order valence-corrected chi connectivity index (χ1v) is 13.1. The molecule has 194 valence electrons. The topological polar surface area (TPSA) is 66.9 Å². The number of carbonyl (C=O) groups is 3. The van der Waals surface area contributed by atoms with E-state index >= 15 is 0 Å². The lowest BCUT2D eigenvalue weighted by molar-refractivity contribution is -0.134. The Kier molecular flexibility index (Phi) is 7.28. The van der Waals surface area contributed by atoms with Gasteiger partial charge in [0.05, 0.1) is 12.8 Å². The van der Waals surface area contributed by atoms with Gasteiger partial charge < -0.3 is 9.64 Å². The van der Waals surface area contributed by atoms with E-state index in [4.69, 9.17) is 27.9 Å². The number of hydrogen-bond donors (Lipinski definition) is 0. The number of fused-ring (bicyclic) bond motifs is 1. The minimum absolute atomic E-state index is 0.247. The zero-order valence-corrected chi connectivity index (χ0v) is 22.3. The maximum Gasteiger partial charge on any atom is 0.332 e. The summed E-state index contributed by atoms with van der Waals surface area (Å²) in [7, 11) is 1.34. The molecule has 1 unspecified atom stereocenters. The molecule has 5 rings (SSSR count). The third-order valence-electron chi connectivity index (χ3n) is 7.19. The zero-order valence-electron chi connectivity index (χ0n) is 20.8. The highest BCUT2D eigenvalue weighted by Crippen LogP contribution is 2.42. The molecular weight excluding hydrogens is 523 g/mol. The molecule has 2 heterocycles. The van der Waals surface area contributed by atoms with Crippen LogP contribution < -0.4 is 4.90 Å². The monoisotopic (exact) mass is 548 g/mol. The van der Waals surface area contributed by atoms with E-state index in [2.05, 4.69) is 0 Å². The Morgan fingerprint density at radius 2 is 1.71 bits per heavy atom. The molecule has 3 aromatic carbocycles. The van der Waals surface area contributed by atoms with Crippen molar-refractivity contribution in [1.82, 2.24) is 4.90 Å². The molecule has 0 bridgehead atoms. The van der Waals surface area contributed by atoms with Crippen LogP contribution in [-0.4, -0.2) is 42.0 Å². The number of benzene rings is 3. The van der Waals surface area contributed by atoms with Crippen molar-refractivity contribution in [1.29, 1.82) is 0 Å². The minimum Gasteiger partial charge on any atom is -0.466 e. The van der Waals surface area contributed by atoms with Crippen LogP contribution >= 0.6 is 23.2 Å². The Hall–Kier alpha value is -3.61. The number of methoxy groups -OCH3 is 1. The maximum absolute atomic E-state index is 13.9. The van der Waals surface area contributed by atoms with Gasteiger partial charge in [-0.05, 0) is 65.8 Å². The van der Waals surface area contributed by atoms with Gasteiger partial charge in [0.25, 0.3) is 5.91 Å². The number of esters is 1. The largest absolute Gasteiger partial charge is 0.466 e. The molecule has 0 saturated carbocycles. The van der Waals surface area contributed by atoms with Crippen LogP contribution in [0.2, 0.25) is 10.0 Å². The number of rotatable bonds is 6. The lowest BCUT2D eigenvalue weighted by atomic mass is 9.81. The van der Waals surface area contributed by atoms with E-state index < -0.39 is 11.5 Å². The molecule has 2 saturated heterocycles. The van der Waals surface area contributed by atoms with Crippen molar-refractivity contribution in [3.63, 3.8) is 0 Å². The maximum atomic E-state index is 13.9. The Bertz CT molecular complexity index is 1420. The molecule has 0 radical (unpaired) electrons. The summed E-state index contributed by atoms with van der Waals surface area (Å²) >= 11 is 12.4. The van der Waals surface area contributed by atoms with Crippen LogP contribution in [0.5, 0.6) is 0 Å². The predicted octanol–water partition coefficient (Wildman–Crippen LogP) is 6.78. The number of urea groups is 1. The van der Waals surface area contributed by atoms with Gasteiger partial charge >= 0.3 is 12.0 Å². The normalized spacial score (nSPS) is 19.2. The molecule has 8 heteroatoms. The summed E-state index contributed by atoms with van der Waals surface area (Å²) in [6.45, 7) is 0.521. The van der Waals surface area contributed by atoms with Gasteiger partial charge in [-0.3, -0.25) is 4.79 Å². The number of halogens is 2. The van der Waals surface area contributed by atoms with Gasteiger partial charge in [-0.25, -0.2) is 14.5 Å². The van der Waals surface area contributed by atoms with E-state index in [1.165, 1.54) is 18.1 Å². The van der Waals surface area contributed by atoms with E-state index in [1.54, 1.807) is 29.2 Å². The lowest BCUT2D eigenvalue weighted by Gasteiger charge is -2.39. The third-order valence-corrected chi connectivity index (χ3v) is 7.63. The molecule has 0 spiro atoms. The first-order chi connectivity index (χ1) is 18.3. The van der Waals surface area contributed by atoms with Crippen molar-refractivity contribution in [3.05, 3.63) is 94.0 Å². The molecule has 0 N–H and O–H groups in total. The Morgan fingerprint density at radius 1 is 1.00 bits per heavy atom. The molecule has 2 fully saturated rings. The van der Waals surface area contributed by atoms with Gasteiger partial charge in [-0.1, -0.05) is 71.7 Å². The van der Waals surface area contributed by atoms with Gasteiger partial charge in [-0.15, -0.1) is 0 Å². The smallest absolute Gasteiger partial charge is 0.332 e. The van der Waals surface area contributed by atoms with Crippen molar-refractivity contribution in [2.24, 2.45) is 0 Å². The Balaban J connectivity index is 1.45. The molecule has 2 aliphatic heterocycles. The van der Waals surface area contributed by atoms with Gasteiger partial charge in [-0.2, -0.15) is 0 Å². The van der Waals surface area contributed by atoms with Crippen LogP contribution in [0.1, 0.15) is 30.4 Å². The molecule has 0 aromatic heterocycles. The predicted molar refractivity (Wildman–Crippen MR) is 149 cm³/mol. The summed E-state index contributed by atoms with van der Waals surface area (Å²) in [5.41, 5.74) is 3.21. The van der Waals surface area contributed by atoms with Gasteiger partial charge in [0.2, 0.25) is 0 Å². The highest BCUT2D eigenvalue weighted by molar-refractivity contribution is 6.35. The number of carbonyl (C=O) groups excluding carboxylic acids is 3. The molecule has 1 atom stereocenters. The van der Waals surface area contributed by atoms with Crippen molar-refractivity contribution in [2.75, 3.05) is 18.6 Å². The van der Waals surface area contributed by atoms with Crippen LogP contribution in [0.3, 0.4) is 0 Å². The summed E-state index contributed by atoms with van der Waals surface area (Å²) in [4.78, 5) is 41.9. The molecule has 3 amide bonds. The second-order valence-corrected chi connectivity index (χ2v) is 10.4. The average molecular weight is 549 g/mol. The highest BCUT2D eigenvalue weighted by Gasteiger charge is 2.58. The van der Waals surface area contributed by atoms with Crippen LogP contribution in [0.25, 0.3) is 17.2 Å². The van der Waals surface area contributed by atoms with Crippen molar-refractivity contribution in [3.8, 4) is 11.1 Å². The number of anilines is 1. The standard InChI is InChI=1S/C30H26Cl2N2O4/c1-38-27(35)13-12-21-6-2-3-7-26(21)22-10-8-20(9-11-22)19-30-14-4-5-15-33(30)29(37)34(28(30)36)25-17-23(31)16-24(32)18-25/h2-3,6-13,16-18H,4-5,14-15,19H2,1H3. The van der Waals surface area contributed by atoms with Crippen molar-refractivity contribution in [2.45, 2.75) is 31.2 Å². The SMILES string of the molecule is COC(=O)C=Cc1ccccc1-c1ccc(CC23CCCCN2C(=O)N(c2cc(Cl)cc(Cl)c2)C3=O)cc1. The first-order valence-electron chi connectivity index (χ1n) is 12.4. The summed E-state index contributed by atoms with van der Waals surface area (Å²) in [5.74, 6) is -0.667. The van der Waals surface area contributed by atoms with E-state index in [-0.39, 0.29) is 11.9 Å². The second-order valence-electron chi connectivity index (χ2n) is 9.51. The summed E-state index contributed by atoms with van der Waals surface area (Å²) in [5, 5.41) is 0.730. The molecule has 6 nitrogen and oxygen atoms in total. The third kappa shape index (κ3) is 4.82. The van der Waals surface area contributed by atoms with E-state index in [0.717, 1.165) is 35.1 Å². The molecule has 38 heavy (non-hydrogen) atoms. The molecular formula is C30H26Cl2N2O4. The molecule has 2 aliphatic rings. The van der Waals surface area contributed by atoms with E-state index in [0.29, 0.717) is 35.1 Å². The average Bonchev–Trinajstić information content (AvgIpc) is 3.13. The summed E-state index contributed by atoms with van der Waals surface area (Å²) < 4.78 is 4.71. The number of nitrogens with zero attached hydrogens (tertiary/aromatic N) is 2. The van der Waals surface area contributed by atoms with Gasteiger partial charge in [0.15, 0.2) is 0 Å². The van der Waals surface area contributed by atoms with Crippen LogP contribution in [-0.2, 0) is 20.7 Å². The van der Waals surface area contributed by atoms with Crippen LogP contribution in [0.4, 0.5) is 10.5 Å². The van der Waals surface area contributed by atoms with Crippen LogP contribution in [0, 0.1) is 0 Å². The summed E-state index contributed by atoms with van der Waals surface area (Å²) in [6.07, 6.45) is 5.83. The second kappa shape index (κ2) is 10.6. The number of piperidine rings is 1. The van der Waals surface area contributed by atoms with Crippen LogP contribution in [0.15, 0.2) is 72.8 Å². The number of hydrogen-bond acceptors (Lipinski definition) is 4. The van der Waals surface area contributed by atoms with Crippen molar-refractivity contribution < 1.29 is 19.1 Å². The molecule has 3 aromatic rings. The lowest BCUT2D eigenvalue weighted by Crippen LogP contribution is -2.54. The number of ether oxygens (including phenoxy) is 1. The Morgan fingerprint density at radius 3 is 2.42 bits per heavy atom. The van der Waals surface area contributed by atoms with E-state index in [9.17, 15) is 14.4 Å². The van der Waals surface area contributed by atoms with Gasteiger partial charge in [0, 0.05) is 29.1 Å². The minimum atomic E-state index is -0.952. The zero-order chi connectivity index (χ0) is 26.9. The summed E-state index contributed by atoms with van der Waals surface area (Å²) in [6, 6.07) is 20.2. The first kappa shape index (κ1) is 26.0. The molecule has 0 aliphatic carbocycles. The highest BCUT2D eigenvalue weighted by atomic mass is 35.5. The fourth-order valence-electron chi connectivity index (χ4n) is 5.38. The van der Waals surface area contributed by atoms with E-state index in [1.807, 2.05) is 48.5 Å². The van der Waals surface area contributed by atoms with Gasteiger partial charge in [0.1, 0.15) is 5.54 Å². The number of imide groups is 1. The quantitative estimate of drug-likeness (QED) is 0.193. The Labute approximate surface area is 231 Å². The number of amides is 3. The van der Waals surface area contributed by atoms with Crippen molar-refractivity contribution >= 4 is 52.9 Å².